The number of hydrogen-bond donors (Lipinski definition) is 7. The summed E-state index contributed by atoms with van der Waals surface area (Å²) in [6.07, 6.45) is -1.50. The molecule has 0 saturated carbocycles. The molecule has 0 saturated heterocycles. The molecule has 0 spiro atoms. The van der Waals surface area contributed by atoms with Gasteiger partial charge < -0.3 is 16.2 Å². The molecule has 4 aromatic carbocycles. The number of azo groups is 2. The molecule has 0 aliphatic heterocycles. The Balaban J connectivity index is 1.77. The van der Waals surface area contributed by atoms with E-state index in [1.807, 2.05) is 0 Å². The number of aromatic nitrogens is 2. The van der Waals surface area contributed by atoms with Gasteiger partial charge in [-0.1, -0.05) is 0 Å². The quantitative estimate of drug-likeness (QED) is 0.0312. The smallest absolute Gasteiger partial charge is 0.313 e. The standard InChI is InChI=1S/C27H19F3N8O13S4/c1-10-4-17(53(43,44)45)15(8-13(10)28)36-37-24-18(54(46,47)48)5-11-6-19(55(49,50)51)25(26(39)22(11)23(24)31)38-35-14-7-12(2-3-16(14)52(40,41)42)32-21-9-20(29)33-27(30)34-21/h2-9,39H,31H2,1H3,(H,32,33,34)(H,40,41,42)(H,43,44,45)(H,46,47,48)(H,49,50,51). The number of nitrogens with one attached hydrogen (secondary N) is 1. The summed E-state index contributed by atoms with van der Waals surface area (Å²) < 4.78 is 178. The highest BCUT2D eigenvalue weighted by atomic mass is 32.2. The highest BCUT2D eigenvalue weighted by molar-refractivity contribution is 7.86. The van der Waals surface area contributed by atoms with Crippen molar-refractivity contribution in [1.29, 1.82) is 0 Å². The van der Waals surface area contributed by atoms with Crippen molar-refractivity contribution in [2.24, 2.45) is 20.5 Å². The van der Waals surface area contributed by atoms with Crippen molar-refractivity contribution >= 4 is 91.2 Å². The third kappa shape index (κ3) is 8.65. The Morgan fingerprint density at radius 3 is 1.73 bits per heavy atom. The minimum absolute atomic E-state index is 0.223. The van der Waals surface area contributed by atoms with E-state index in [0.717, 1.165) is 19.1 Å². The van der Waals surface area contributed by atoms with Gasteiger partial charge in [-0.2, -0.15) is 52.4 Å². The molecule has 0 aliphatic rings. The molecule has 0 bridgehead atoms. The van der Waals surface area contributed by atoms with Gasteiger partial charge in [-0.05, 0) is 54.3 Å². The van der Waals surface area contributed by atoms with Gasteiger partial charge in [0.25, 0.3) is 40.5 Å². The molecule has 28 heteroatoms. The molecule has 8 N–H and O–H groups in total. The number of phenolic OH excluding ortho intramolecular Hbond substituents is 1. The number of halogens is 3. The van der Waals surface area contributed by atoms with Crippen LogP contribution in [0, 0.1) is 24.8 Å². The maximum Gasteiger partial charge on any atom is 0.313 e. The zero-order chi connectivity index (χ0) is 41.0. The van der Waals surface area contributed by atoms with Crippen LogP contribution in [-0.2, 0) is 40.5 Å². The highest BCUT2D eigenvalue weighted by Crippen LogP contribution is 2.48. The molecule has 21 nitrogen and oxygen atoms in total. The Labute approximate surface area is 306 Å². The van der Waals surface area contributed by atoms with Crippen LogP contribution in [0.5, 0.6) is 5.75 Å². The van der Waals surface area contributed by atoms with Crippen LogP contribution in [0.25, 0.3) is 10.8 Å². The summed E-state index contributed by atoms with van der Waals surface area (Å²) in [4.78, 5) is 1.47. The van der Waals surface area contributed by atoms with E-state index in [4.69, 9.17) is 5.73 Å². The number of phenols is 1. The van der Waals surface area contributed by atoms with Gasteiger partial charge in [0.15, 0.2) is 5.75 Å². The average Bonchev–Trinajstić information content (AvgIpc) is 3.02. The molecule has 0 unspecified atom stereocenters. The first-order chi connectivity index (χ1) is 25.3. The summed E-state index contributed by atoms with van der Waals surface area (Å²) in [5.74, 6) is -4.22. The van der Waals surface area contributed by atoms with Crippen LogP contribution in [0.4, 0.5) is 53.1 Å². The van der Waals surface area contributed by atoms with Crippen LogP contribution in [0.15, 0.2) is 88.6 Å². The van der Waals surface area contributed by atoms with E-state index in [0.29, 0.717) is 36.4 Å². The maximum atomic E-state index is 14.4. The van der Waals surface area contributed by atoms with E-state index in [1.54, 1.807) is 0 Å². The number of nitrogens with zero attached hydrogens (tertiary/aromatic N) is 6. The largest absolute Gasteiger partial charge is 0.505 e. The predicted molar refractivity (Wildman–Crippen MR) is 180 cm³/mol. The summed E-state index contributed by atoms with van der Waals surface area (Å²) in [5, 5.41) is 26.2. The zero-order valence-electron chi connectivity index (χ0n) is 26.6. The number of rotatable bonds is 10. The van der Waals surface area contributed by atoms with Crippen molar-refractivity contribution in [3.8, 4) is 5.75 Å². The van der Waals surface area contributed by atoms with E-state index >= 15 is 0 Å². The predicted octanol–water partition coefficient (Wildman–Crippen LogP) is 5.20. The lowest BCUT2D eigenvalue weighted by Gasteiger charge is -2.14. The molecule has 5 aromatic rings. The van der Waals surface area contributed by atoms with Crippen molar-refractivity contribution in [3.05, 3.63) is 71.9 Å². The van der Waals surface area contributed by atoms with Crippen LogP contribution in [0.2, 0.25) is 0 Å². The molecular formula is C27H19F3N8O13S4. The monoisotopic (exact) mass is 848 g/mol. The highest BCUT2D eigenvalue weighted by Gasteiger charge is 2.29. The lowest BCUT2D eigenvalue weighted by Crippen LogP contribution is -2.04. The number of nitrogens with two attached hydrogens (primary N) is 1. The Morgan fingerprint density at radius 2 is 1.18 bits per heavy atom. The number of aryl methyl sites for hydroxylation is 1. The fourth-order valence-corrected chi connectivity index (χ4v) is 7.36. The minimum atomic E-state index is -5.48. The first-order valence-corrected chi connectivity index (χ1v) is 19.8. The summed E-state index contributed by atoms with van der Waals surface area (Å²) in [6.45, 7) is 1.13. The van der Waals surface area contributed by atoms with Crippen LogP contribution in [0.3, 0.4) is 0 Å². The molecule has 0 amide bonds. The Hall–Kier alpha value is -5.75. The summed E-state index contributed by atoms with van der Waals surface area (Å²) in [7, 11) is -21.2. The van der Waals surface area contributed by atoms with Gasteiger partial charge in [0.1, 0.15) is 54.0 Å². The Morgan fingerprint density at radius 1 is 0.655 bits per heavy atom. The third-order valence-corrected chi connectivity index (χ3v) is 10.6. The molecule has 290 valence electrons. The second kappa shape index (κ2) is 14.2. The van der Waals surface area contributed by atoms with Crippen molar-refractivity contribution in [3.63, 3.8) is 0 Å². The van der Waals surface area contributed by atoms with E-state index in [9.17, 15) is 70.2 Å². The normalized spacial score (nSPS) is 12.9. The minimum Gasteiger partial charge on any atom is -0.505 e. The van der Waals surface area contributed by atoms with Crippen molar-refractivity contribution in [2.75, 3.05) is 11.1 Å². The topological polar surface area (TPSA) is 351 Å². The fourth-order valence-electron chi connectivity index (χ4n) is 4.73. The van der Waals surface area contributed by atoms with Gasteiger partial charge in [0.05, 0.1) is 11.1 Å². The van der Waals surface area contributed by atoms with Crippen molar-refractivity contribution < 1.29 is 70.2 Å². The molecule has 0 atom stereocenters. The summed E-state index contributed by atoms with van der Waals surface area (Å²) >= 11 is 0. The first kappa shape index (κ1) is 40.4. The van der Waals surface area contributed by atoms with Crippen LogP contribution < -0.4 is 11.1 Å². The van der Waals surface area contributed by atoms with Gasteiger partial charge in [-0.25, -0.2) is 4.39 Å². The number of hydrogen-bond acceptors (Lipinski definition) is 17. The lowest BCUT2D eigenvalue weighted by atomic mass is 10.1. The molecule has 0 fully saturated rings. The second-order valence-electron chi connectivity index (χ2n) is 10.8. The second-order valence-corrected chi connectivity index (χ2v) is 16.4. The Kier molecular flexibility index (Phi) is 10.4. The van der Waals surface area contributed by atoms with E-state index in [2.05, 4.69) is 35.7 Å². The van der Waals surface area contributed by atoms with Gasteiger partial charge >= 0.3 is 6.08 Å². The van der Waals surface area contributed by atoms with E-state index in [1.165, 1.54) is 0 Å². The van der Waals surface area contributed by atoms with Crippen LogP contribution in [0.1, 0.15) is 5.56 Å². The summed E-state index contributed by atoms with van der Waals surface area (Å²) in [6, 6.07) is 5.16. The molecule has 0 aliphatic carbocycles. The SMILES string of the molecule is Cc1cc(S(=O)(=O)O)c(N=Nc2c(S(=O)(=O)O)cc3cc(S(=O)(=O)O)c(N=Nc4cc(Nc5cc(F)nc(F)n5)ccc4S(=O)(=O)O)c(O)c3c2N)cc1F. The van der Waals surface area contributed by atoms with Gasteiger partial charge in [-0.15, -0.1) is 20.5 Å². The number of nitrogen functional groups attached to an aromatic ring is 1. The lowest BCUT2D eigenvalue weighted by molar-refractivity contribution is 0.472. The maximum absolute atomic E-state index is 14.4. The van der Waals surface area contributed by atoms with Crippen molar-refractivity contribution in [1.82, 2.24) is 9.97 Å². The van der Waals surface area contributed by atoms with E-state index < -0.39 is 129 Å². The van der Waals surface area contributed by atoms with Crippen LogP contribution in [-0.4, -0.2) is 67.0 Å². The number of benzene rings is 4. The number of aromatic hydroxyl groups is 1. The molecule has 1 aromatic heterocycles. The number of fused-ring (bicyclic) bond motifs is 1. The average molecular weight is 849 g/mol. The molecule has 5 rings (SSSR count). The van der Waals surface area contributed by atoms with Gasteiger partial charge in [0.2, 0.25) is 5.95 Å². The molecule has 0 radical (unpaired) electrons. The van der Waals surface area contributed by atoms with Crippen LogP contribution >= 0.6 is 0 Å². The van der Waals surface area contributed by atoms with Gasteiger partial charge in [0, 0.05) is 17.8 Å². The first-order valence-electron chi connectivity index (χ1n) is 14.0. The Bertz CT molecular complexity index is 2970. The molecular weight excluding hydrogens is 830 g/mol. The molecule has 55 heavy (non-hydrogen) atoms. The third-order valence-electron chi connectivity index (χ3n) is 7.08. The van der Waals surface area contributed by atoms with E-state index in [-0.39, 0.29) is 11.3 Å². The van der Waals surface area contributed by atoms with Crippen molar-refractivity contribution in [2.45, 2.75) is 26.5 Å². The zero-order valence-corrected chi connectivity index (χ0v) is 29.9. The molecule has 1 heterocycles. The number of anilines is 3. The summed E-state index contributed by atoms with van der Waals surface area (Å²) in [5.41, 5.74) is 0.561. The fraction of sp³-hybridized carbons (Fsp3) is 0.0370. The van der Waals surface area contributed by atoms with Gasteiger partial charge in [-0.3, -0.25) is 18.2 Å².